The van der Waals surface area contributed by atoms with Crippen molar-refractivity contribution in [3.8, 4) is 5.75 Å². The molecule has 0 unspecified atom stereocenters. The van der Waals surface area contributed by atoms with E-state index < -0.39 is 0 Å². The Hall–Kier alpha value is -1.28. The predicted octanol–water partition coefficient (Wildman–Crippen LogP) is 3.23. The Labute approximate surface area is 98.1 Å². The van der Waals surface area contributed by atoms with Crippen LogP contribution in [0.4, 0.5) is 0 Å². The molecular formula is C14H21NO. The molecular weight excluding hydrogens is 198 g/mol. The van der Waals surface area contributed by atoms with E-state index in [1.165, 1.54) is 5.56 Å². The van der Waals surface area contributed by atoms with Crippen LogP contribution in [0.15, 0.2) is 30.3 Å². The van der Waals surface area contributed by atoms with Crippen LogP contribution in [-0.2, 0) is 0 Å². The monoisotopic (exact) mass is 219 g/mol. The van der Waals surface area contributed by atoms with Crippen LogP contribution < -0.4 is 10.5 Å². The quantitative estimate of drug-likeness (QED) is 0.843. The van der Waals surface area contributed by atoms with Crippen LogP contribution in [0.2, 0.25) is 0 Å². The smallest absolute Gasteiger partial charge is 0.120 e. The van der Waals surface area contributed by atoms with Gasteiger partial charge in [-0.15, -0.1) is 0 Å². The van der Waals surface area contributed by atoms with Gasteiger partial charge in [0.2, 0.25) is 0 Å². The third-order valence-electron chi connectivity index (χ3n) is 1.95. The summed E-state index contributed by atoms with van der Waals surface area (Å²) in [5, 5.41) is 0. The second-order valence-electron chi connectivity index (χ2n) is 4.76. The van der Waals surface area contributed by atoms with Gasteiger partial charge in [0.05, 0.1) is 0 Å². The Kier molecular flexibility index (Phi) is 4.56. The third kappa shape index (κ3) is 4.99. The zero-order chi connectivity index (χ0) is 12.0. The Bertz CT molecular complexity index is 333. The normalized spacial score (nSPS) is 12.0. The second kappa shape index (κ2) is 5.71. The number of hydrogen-bond acceptors (Lipinski definition) is 2. The van der Waals surface area contributed by atoms with E-state index in [-0.39, 0.29) is 5.60 Å². The van der Waals surface area contributed by atoms with Gasteiger partial charge >= 0.3 is 0 Å². The fourth-order valence-electron chi connectivity index (χ4n) is 1.32. The van der Waals surface area contributed by atoms with Crippen LogP contribution in [-0.4, -0.2) is 12.1 Å². The maximum atomic E-state index is 5.74. The molecule has 0 aromatic heterocycles. The fourth-order valence-corrected chi connectivity index (χ4v) is 1.32. The van der Waals surface area contributed by atoms with Crippen molar-refractivity contribution in [2.75, 3.05) is 6.54 Å². The summed E-state index contributed by atoms with van der Waals surface area (Å²) in [6, 6.07) is 8.09. The van der Waals surface area contributed by atoms with E-state index in [9.17, 15) is 0 Å². The number of benzene rings is 1. The van der Waals surface area contributed by atoms with Gasteiger partial charge in [-0.2, -0.15) is 0 Å². The molecule has 0 heterocycles. The van der Waals surface area contributed by atoms with E-state index in [1.54, 1.807) is 0 Å². The molecule has 1 aromatic carbocycles. The maximum absolute atomic E-state index is 5.74. The Morgan fingerprint density at radius 1 is 1.19 bits per heavy atom. The first-order chi connectivity index (χ1) is 7.51. The molecule has 1 rings (SSSR count). The van der Waals surface area contributed by atoms with Gasteiger partial charge in [0.1, 0.15) is 11.4 Å². The van der Waals surface area contributed by atoms with Crippen molar-refractivity contribution in [1.82, 2.24) is 0 Å². The number of nitrogens with two attached hydrogens (primary N) is 1. The molecule has 0 aliphatic carbocycles. The number of ether oxygens (including phenoxy) is 1. The topological polar surface area (TPSA) is 35.2 Å². The van der Waals surface area contributed by atoms with Gasteiger partial charge in [0.25, 0.3) is 0 Å². The van der Waals surface area contributed by atoms with Crippen LogP contribution in [0.1, 0.15) is 32.8 Å². The standard InChI is InChI=1S/C14H21NO/c1-14(2,3)16-13-9-7-12(8-10-13)6-4-5-11-15/h4,6-10H,5,11,15H2,1-3H3. The second-order valence-corrected chi connectivity index (χ2v) is 4.76. The molecule has 88 valence electrons. The summed E-state index contributed by atoms with van der Waals surface area (Å²) in [5.41, 5.74) is 6.45. The molecule has 0 radical (unpaired) electrons. The molecule has 2 nitrogen and oxygen atoms in total. The van der Waals surface area contributed by atoms with E-state index in [4.69, 9.17) is 10.5 Å². The van der Waals surface area contributed by atoms with E-state index in [2.05, 4.69) is 12.2 Å². The van der Waals surface area contributed by atoms with Crippen molar-refractivity contribution in [3.05, 3.63) is 35.9 Å². The van der Waals surface area contributed by atoms with Gasteiger partial charge < -0.3 is 10.5 Å². The highest BCUT2D eigenvalue weighted by Crippen LogP contribution is 2.18. The van der Waals surface area contributed by atoms with Crippen LogP contribution in [0.5, 0.6) is 5.75 Å². The lowest BCUT2D eigenvalue weighted by atomic mass is 10.1. The first-order valence-corrected chi connectivity index (χ1v) is 5.67. The van der Waals surface area contributed by atoms with Crippen LogP contribution in [0.25, 0.3) is 6.08 Å². The molecule has 0 bridgehead atoms. The van der Waals surface area contributed by atoms with Crippen LogP contribution in [0, 0.1) is 0 Å². The van der Waals surface area contributed by atoms with Crippen molar-refractivity contribution < 1.29 is 4.74 Å². The van der Waals surface area contributed by atoms with Gasteiger partial charge in [-0.3, -0.25) is 0 Å². The largest absolute Gasteiger partial charge is 0.488 e. The highest BCUT2D eigenvalue weighted by atomic mass is 16.5. The summed E-state index contributed by atoms with van der Waals surface area (Å²) < 4.78 is 5.74. The Morgan fingerprint density at radius 3 is 2.31 bits per heavy atom. The van der Waals surface area contributed by atoms with Crippen molar-refractivity contribution in [2.24, 2.45) is 5.73 Å². The van der Waals surface area contributed by atoms with E-state index in [0.29, 0.717) is 6.54 Å². The highest BCUT2D eigenvalue weighted by Gasteiger charge is 2.10. The first kappa shape index (κ1) is 12.8. The first-order valence-electron chi connectivity index (χ1n) is 5.67. The Balaban J connectivity index is 2.61. The molecule has 0 saturated heterocycles. The van der Waals surface area contributed by atoms with Crippen molar-refractivity contribution in [2.45, 2.75) is 32.8 Å². The lowest BCUT2D eigenvalue weighted by Gasteiger charge is -2.21. The Morgan fingerprint density at radius 2 is 1.81 bits per heavy atom. The summed E-state index contributed by atoms with van der Waals surface area (Å²) in [4.78, 5) is 0. The molecule has 0 aliphatic rings. The van der Waals surface area contributed by atoms with Gasteiger partial charge in [0.15, 0.2) is 0 Å². The molecule has 0 saturated carbocycles. The molecule has 2 heteroatoms. The lowest BCUT2D eigenvalue weighted by Crippen LogP contribution is -2.22. The summed E-state index contributed by atoms with van der Waals surface area (Å²) in [5.74, 6) is 0.906. The number of hydrogen-bond donors (Lipinski definition) is 1. The van der Waals surface area contributed by atoms with Gasteiger partial charge in [-0.05, 0) is 51.4 Å². The van der Waals surface area contributed by atoms with Crippen LogP contribution in [0.3, 0.4) is 0 Å². The minimum atomic E-state index is -0.142. The summed E-state index contributed by atoms with van der Waals surface area (Å²) >= 11 is 0. The van der Waals surface area contributed by atoms with Crippen LogP contribution >= 0.6 is 0 Å². The highest BCUT2D eigenvalue weighted by molar-refractivity contribution is 5.50. The zero-order valence-electron chi connectivity index (χ0n) is 10.4. The predicted molar refractivity (Wildman–Crippen MR) is 69.5 cm³/mol. The lowest BCUT2D eigenvalue weighted by molar-refractivity contribution is 0.131. The molecule has 0 atom stereocenters. The van der Waals surface area contributed by atoms with Crippen molar-refractivity contribution in [3.63, 3.8) is 0 Å². The number of rotatable bonds is 4. The van der Waals surface area contributed by atoms with Crippen molar-refractivity contribution >= 4 is 6.08 Å². The summed E-state index contributed by atoms with van der Waals surface area (Å²) in [6.45, 7) is 6.83. The fraction of sp³-hybridized carbons (Fsp3) is 0.429. The SMILES string of the molecule is CC(C)(C)Oc1ccc(C=CCCN)cc1. The third-order valence-corrected chi connectivity index (χ3v) is 1.95. The van der Waals surface area contributed by atoms with Gasteiger partial charge in [0, 0.05) is 0 Å². The minimum absolute atomic E-state index is 0.142. The summed E-state index contributed by atoms with van der Waals surface area (Å²) in [6.07, 6.45) is 5.08. The molecule has 16 heavy (non-hydrogen) atoms. The molecule has 0 aliphatic heterocycles. The van der Waals surface area contributed by atoms with E-state index in [0.717, 1.165) is 12.2 Å². The van der Waals surface area contributed by atoms with E-state index in [1.807, 2.05) is 45.0 Å². The van der Waals surface area contributed by atoms with E-state index >= 15 is 0 Å². The van der Waals surface area contributed by atoms with Gasteiger partial charge in [-0.1, -0.05) is 24.3 Å². The maximum Gasteiger partial charge on any atom is 0.120 e. The van der Waals surface area contributed by atoms with Gasteiger partial charge in [-0.25, -0.2) is 0 Å². The average molecular weight is 219 g/mol. The zero-order valence-corrected chi connectivity index (χ0v) is 10.4. The molecule has 1 aromatic rings. The summed E-state index contributed by atoms with van der Waals surface area (Å²) in [7, 11) is 0. The minimum Gasteiger partial charge on any atom is -0.488 e. The molecule has 0 amide bonds. The molecule has 2 N–H and O–H groups in total. The average Bonchev–Trinajstić information content (AvgIpc) is 2.19. The molecule has 0 spiro atoms. The molecule has 0 fully saturated rings. The van der Waals surface area contributed by atoms with Crippen molar-refractivity contribution in [1.29, 1.82) is 0 Å².